The van der Waals surface area contributed by atoms with E-state index < -0.39 is 0 Å². The molecule has 0 saturated heterocycles. The number of benzene rings is 1. The molecule has 0 unspecified atom stereocenters. The molecule has 71 valence electrons. The Bertz CT molecular complexity index is 228. The van der Waals surface area contributed by atoms with Crippen LogP contribution in [0.3, 0.4) is 0 Å². The van der Waals surface area contributed by atoms with Crippen molar-refractivity contribution in [3.8, 4) is 11.5 Å². The van der Waals surface area contributed by atoms with Gasteiger partial charge in [-0.05, 0) is 31.5 Å². The summed E-state index contributed by atoms with van der Waals surface area (Å²) in [6, 6.07) is 8.58. The summed E-state index contributed by atoms with van der Waals surface area (Å²) in [4.78, 5) is 0. The molecule has 2 nitrogen and oxygen atoms in total. The monoisotopic (exact) mass is 179 g/mol. The second kappa shape index (κ2) is 5.46. The molecule has 1 rings (SSSR count). The minimum Gasteiger partial charge on any atom is -0.494 e. The van der Waals surface area contributed by atoms with Gasteiger partial charge in [0, 0.05) is 6.07 Å². The third-order valence-corrected chi connectivity index (χ3v) is 1.53. The number of ether oxygens (including phenoxy) is 2. The van der Waals surface area contributed by atoms with Crippen LogP contribution in [0, 0.1) is 6.07 Å². The summed E-state index contributed by atoms with van der Waals surface area (Å²) < 4.78 is 10.7. The third kappa shape index (κ3) is 3.36. The van der Waals surface area contributed by atoms with Crippen LogP contribution < -0.4 is 9.47 Å². The molecule has 0 heterocycles. The van der Waals surface area contributed by atoms with Gasteiger partial charge in [-0.2, -0.15) is 0 Å². The Morgan fingerprint density at radius 1 is 1.23 bits per heavy atom. The van der Waals surface area contributed by atoms with Gasteiger partial charge in [-0.1, -0.05) is 6.92 Å². The highest BCUT2D eigenvalue weighted by atomic mass is 16.5. The van der Waals surface area contributed by atoms with Crippen molar-refractivity contribution in [2.45, 2.75) is 20.3 Å². The van der Waals surface area contributed by atoms with E-state index in [1.807, 2.05) is 19.1 Å². The Kier molecular flexibility index (Phi) is 4.16. The largest absolute Gasteiger partial charge is 0.494 e. The summed E-state index contributed by atoms with van der Waals surface area (Å²) in [6.07, 6.45) is 1.01. The van der Waals surface area contributed by atoms with Gasteiger partial charge >= 0.3 is 0 Å². The maximum absolute atomic E-state index is 5.38. The van der Waals surface area contributed by atoms with Crippen LogP contribution in [0.15, 0.2) is 18.2 Å². The standard InChI is InChI=1S/C11H15O2/c1-3-9-13-11-7-5-10(6-8-11)12-4-2/h5-7H,3-4,9H2,1-2H3. The first-order valence-corrected chi connectivity index (χ1v) is 4.64. The maximum Gasteiger partial charge on any atom is 0.127 e. The Labute approximate surface area is 79.5 Å². The molecule has 0 atom stereocenters. The van der Waals surface area contributed by atoms with Crippen LogP contribution >= 0.6 is 0 Å². The third-order valence-electron chi connectivity index (χ3n) is 1.53. The quantitative estimate of drug-likeness (QED) is 0.691. The van der Waals surface area contributed by atoms with Crippen molar-refractivity contribution >= 4 is 0 Å². The van der Waals surface area contributed by atoms with Gasteiger partial charge in [0.2, 0.25) is 0 Å². The molecular weight excluding hydrogens is 164 g/mol. The molecule has 0 N–H and O–H groups in total. The first kappa shape index (κ1) is 9.90. The normalized spacial score (nSPS) is 9.69. The van der Waals surface area contributed by atoms with E-state index in [2.05, 4.69) is 13.0 Å². The zero-order valence-corrected chi connectivity index (χ0v) is 8.17. The molecule has 0 aliphatic heterocycles. The lowest BCUT2D eigenvalue weighted by Crippen LogP contribution is -1.95. The van der Waals surface area contributed by atoms with Crippen molar-refractivity contribution in [3.63, 3.8) is 0 Å². The lowest BCUT2D eigenvalue weighted by molar-refractivity contribution is 0.313. The van der Waals surface area contributed by atoms with Crippen LogP contribution in [0.25, 0.3) is 0 Å². The lowest BCUT2D eigenvalue weighted by atomic mass is 10.3. The molecule has 0 aliphatic carbocycles. The van der Waals surface area contributed by atoms with Crippen LogP contribution in [0.4, 0.5) is 0 Å². The minimum atomic E-state index is 0.684. The van der Waals surface area contributed by atoms with Crippen LogP contribution in [-0.2, 0) is 0 Å². The van der Waals surface area contributed by atoms with Crippen molar-refractivity contribution in [1.29, 1.82) is 0 Å². The molecule has 0 spiro atoms. The van der Waals surface area contributed by atoms with Gasteiger partial charge in [-0.25, -0.2) is 0 Å². The van der Waals surface area contributed by atoms with Gasteiger partial charge in [-0.3, -0.25) is 0 Å². The zero-order chi connectivity index (χ0) is 9.52. The van der Waals surface area contributed by atoms with Gasteiger partial charge in [0.05, 0.1) is 13.2 Å². The summed E-state index contributed by atoms with van der Waals surface area (Å²) in [7, 11) is 0. The molecule has 13 heavy (non-hydrogen) atoms. The van der Waals surface area contributed by atoms with Crippen molar-refractivity contribution in [1.82, 2.24) is 0 Å². The highest BCUT2D eigenvalue weighted by Gasteiger charge is 1.94. The summed E-state index contributed by atoms with van der Waals surface area (Å²) in [5.41, 5.74) is 0. The average molecular weight is 179 g/mol. The number of hydrogen-bond donors (Lipinski definition) is 0. The molecule has 1 radical (unpaired) electrons. The summed E-state index contributed by atoms with van der Waals surface area (Å²) in [5, 5.41) is 0. The van der Waals surface area contributed by atoms with Crippen molar-refractivity contribution in [3.05, 3.63) is 24.3 Å². The van der Waals surface area contributed by atoms with Crippen molar-refractivity contribution in [2.75, 3.05) is 13.2 Å². The first-order valence-electron chi connectivity index (χ1n) is 4.64. The molecule has 0 aromatic heterocycles. The molecule has 2 heteroatoms. The average Bonchev–Trinajstić information content (AvgIpc) is 2.17. The topological polar surface area (TPSA) is 18.5 Å². The van der Waals surface area contributed by atoms with Gasteiger partial charge < -0.3 is 9.47 Å². The summed E-state index contributed by atoms with van der Waals surface area (Å²) in [5.74, 6) is 1.62. The minimum absolute atomic E-state index is 0.684. The van der Waals surface area contributed by atoms with Crippen molar-refractivity contribution in [2.24, 2.45) is 0 Å². The van der Waals surface area contributed by atoms with Gasteiger partial charge in [-0.15, -0.1) is 0 Å². The van der Waals surface area contributed by atoms with E-state index in [4.69, 9.17) is 9.47 Å². The Hall–Kier alpha value is -1.18. The Morgan fingerprint density at radius 2 is 2.08 bits per heavy atom. The zero-order valence-electron chi connectivity index (χ0n) is 8.17. The highest BCUT2D eigenvalue weighted by Crippen LogP contribution is 2.16. The molecule has 0 saturated carbocycles. The molecule has 0 fully saturated rings. The van der Waals surface area contributed by atoms with E-state index in [1.165, 1.54) is 0 Å². The second-order valence-corrected chi connectivity index (χ2v) is 2.67. The van der Waals surface area contributed by atoms with Crippen LogP contribution in [0.1, 0.15) is 20.3 Å². The predicted octanol–water partition coefficient (Wildman–Crippen LogP) is 2.67. The van der Waals surface area contributed by atoms with Crippen molar-refractivity contribution < 1.29 is 9.47 Å². The molecule has 0 amide bonds. The van der Waals surface area contributed by atoms with E-state index in [0.29, 0.717) is 6.61 Å². The Balaban J connectivity index is 2.48. The van der Waals surface area contributed by atoms with E-state index in [9.17, 15) is 0 Å². The first-order chi connectivity index (χ1) is 6.36. The van der Waals surface area contributed by atoms with E-state index in [0.717, 1.165) is 24.5 Å². The Morgan fingerprint density at radius 3 is 2.62 bits per heavy atom. The molecule has 0 bridgehead atoms. The fourth-order valence-electron chi connectivity index (χ4n) is 0.955. The SMILES string of the molecule is CCCOc1[c]cc(OCC)cc1. The summed E-state index contributed by atoms with van der Waals surface area (Å²) in [6.45, 7) is 5.46. The van der Waals surface area contributed by atoms with E-state index in [1.54, 1.807) is 6.07 Å². The van der Waals surface area contributed by atoms with E-state index in [-0.39, 0.29) is 0 Å². The fraction of sp³-hybridized carbons (Fsp3) is 0.455. The van der Waals surface area contributed by atoms with Gasteiger partial charge in [0.1, 0.15) is 11.5 Å². The molecular formula is C11H15O2. The van der Waals surface area contributed by atoms with E-state index >= 15 is 0 Å². The molecule has 1 aromatic carbocycles. The van der Waals surface area contributed by atoms with Crippen LogP contribution in [0.5, 0.6) is 11.5 Å². The predicted molar refractivity (Wildman–Crippen MR) is 52.2 cm³/mol. The molecule has 0 aliphatic rings. The second-order valence-electron chi connectivity index (χ2n) is 2.67. The van der Waals surface area contributed by atoms with Gasteiger partial charge in [0.15, 0.2) is 0 Å². The molecule has 1 aromatic rings. The maximum atomic E-state index is 5.38. The van der Waals surface area contributed by atoms with Crippen LogP contribution in [-0.4, -0.2) is 13.2 Å². The lowest BCUT2D eigenvalue weighted by Gasteiger charge is -2.05. The highest BCUT2D eigenvalue weighted by molar-refractivity contribution is 5.29. The van der Waals surface area contributed by atoms with Gasteiger partial charge in [0.25, 0.3) is 0 Å². The van der Waals surface area contributed by atoms with Crippen LogP contribution in [0.2, 0.25) is 0 Å². The number of rotatable bonds is 5. The number of hydrogen-bond acceptors (Lipinski definition) is 2. The smallest absolute Gasteiger partial charge is 0.127 e. The fourth-order valence-corrected chi connectivity index (χ4v) is 0.955. The summed E-state index contributed by atoms with van der Waals surface area (Å²) >= 11 is 0.